The van der Waals surface area contributed by atoms with Gasteiger partial charge in [0, 0.05) is 28.4 Å². The Morgan fingerprint density at radius 3 is 1.21 bits per heavy atom. The molecule has 0 aromatic heterocycles. The Morgan fingerprint density at radius 1 is 0.536 bits per heavy atom. The fourth-order valence-corrected chi connectivity index (χ4v) is 7.21. The van der Waals surface area contributed by atoms with E-state index in [-0.39, 0.29) is 0 Å². The third-order valence-electron chi connectivity index (χ3n) is 5.89. The third-order valence-corrected chi connectivity index (χ3v) is 9.20. The Kier molecular flexibility index (Phi) is 17.2. The molecular formula is C23H49O4P. The molecule has 0 amide bonds. The van der Waals surface area contributed by atoms with Gasteiger partial charge in [0.2, 0.25) is 11.3 Å². The first-order valence-electron chi connectivity index (χ1n) is 11.5. The molecule has 0 N–H and O–H groups in total. The lowest BCUT2D eigenvalue weighted by Gasteiger charge is -2.48. The Bertz CT molecular complexity index is 327. The quantitative estimate of drug-likeness (QED) is 0.119. The van der Waals surface area contributed by atoms with E-state index in [2.05, 4.69) is 13.8 Å². The zero-order chi connectivity index (χ0) is 21.3. The fourth-order valence-electron chi connectivity index (χ4n) is 3.91. The summed E-state index contributed by atoms with van der Waals surface area (Å²) in [5.74, 6) is -0.910. The van der Waals surface area contributed by atoms with Crippen LogP contribution in [-0.4, -0.2) is 52.1 Å². The van der Waals surface area contributed by atoms with Gasteiger partial charge >= 0.3 is 0 Å². The SMILES string of the molecule is CCCCCCCCP(CCCCCCCC)C(OC)(OC)C(C)(OC)OC. The summed E-state index contributed by atoms with van der Waals surface area (Å²) in [6.07, 6.45) is 17.9. The maximum atomic E-state index is 6.04. The Morgan fingerprint density at radius 2 is 0.893 bits per heavy atom. The van der Waals surface area contributed by atoms with Crippen LogP contribution in [0.25, 0.3) is 0 Å². The van der Waals surface area contributed by atoms with Crippen molar-refractivity contribution in [3.05, 3.63) is 0 Å². The summed E-state index contributed by atoms with van der Waals surface area (Å²) in [6.45, 7) is 6.47. The summed E-state index contributed by atoms with van der Waals surface area (Å²) in [5.41, 5.74) is -0.835. The Balaban J connectivity index is 5.02. The molecule has 0 radical (unpaired) electrons. The van der Waals surface area contributed by atoms with Crippen molar-refractivity contribution >= 4 is 7.92 Å². The molecule has 0 aromatic carbocycles. The molecule has 28 heavy (non-hydrogen) atoms. The lowest BCUT2D eigenvalue weighted by atomic mass is 10.1. The van der Waals surface area contributed by atoms with Gasteiger partial charge < -0.3 is 18.9 Å². The topological polar surface area (TPSA) is 36.9 Å². The normalized spacial score (nSPS) is 12.9. The molecule has 0 fully saturated rings. The van der Waals surface area contributed by atoms with E-state index in [0.29, 0.717) is 0 Å². The van der Waals surface area contributed by atoms with E-state index >= 15 is 0 Å². The van der Waals surface area contributed by atoms with Gasteiger partial charge in [-0.3, -0.25) is 0 Å². The summed E-state index contributed by atoms with van der Waals surface area (Å²) in [4.78, 5) is 0. The van der Waals surface area contributed by atoms with Crippen LogP contribution in [0.1, 0.15) is 97.8 Å². The van der Waals surface area contributed by atoms with Crippen molar-refractivity contribution in [1.82, 2.24) is 0 Å². The molecule has 0 aliphatic carbocycles. The van der Waals surface area contributed by atoms with E-state index in [0.717, 1.165) is 12.3 Å². The Hall–Kier alpha value is 0.270. The molecule has 0 bridgehead atoms. The fraction of sp³-hybridized carbons (Fsp3) is 1.00. The first-order valence-corrected chi connectivity index (χ1v) is 13.2. The van der Waals surface area contributed by atoms with Crippen LogP contribution in [-0.2, 0) is 18.9 Å². The van der Waals surface area contributed by atoms with Gasteiger partial charge in [0.05, 0.1) is 0 Å². The molecule has 0 saturated heterocycles. The molecule has 170 valence electrons. The molecule has 4 nitrogen and oxygen atoms in total. The third kappa shape index (κ3) is 8.96. The van der Waals surface area contributed by atoms with Crippen LogP contribution in [0.15, 0.2) is 0 Å². The van der Waals surface area contributed by atoms with Gasteiger partial charge in [-0.1, -0.05) is 78.1 Å². The van der Waals surface area contributed by atoms with Crippen molar-refractivity contribution in [3.8, 4) is 0 Å². The molecule has 0 aliphatic heterocycles. The van der Waals surface area contributed by atoms with Crippen LogP contribution in [0.4, 0.5) is 0 Å². The van der Waals surface area contributed by atoms with Crippen LogP contribution < -0.4 is 0 Å². The number of hydrogen-bond donors (Lipinski definition) is 0. The van der Waals surface area contributed by atoms with E-state index < -0.39 is 19.2 Å². The zero-order valence-electron chi connectivity index (χ0n) is 20.0. The molecular weight excluding hydrogens is 371 g/mol. The average molecular weight is 421 g/mol. The van der Waals surface area contributed by atoms with Crippen LogP contribution in [0.2, 0.25) is 0 Å². The second-order valence-electron chi connectivity index (χ2n) is 7.87. The highest BCUT2D eigenvalue weighted by Crippen LogP contribution is 2.58. The molecule has 0 unspecified atom stereocenters. The Labute approximate surface area is 177 Å². The van der Waals surface area contributed by atoms with Gasteiger partial charge in [-0.05, 0) is 40.0 Å². The van der Waals surface area contributed by atoms with Crippen molar-refractivity contribution < 1.29 is 18.9 Å². The van der Waals surface area contributed by atoms with Crippen LogP contribution in [0.5, 0.6) is 0 Å². The summed E-state index contributed by atoms with van der Waals surface area (Å²) in [6, 6.07) is 0. The maximum absolute atomic E-state index is 6.04. The second-order valence-corrected chi connectivity index (χ2v) is 10.4. The minimum Gasteiger partial charge on any atom is -0.349 e. The molecule has 0 aromatic rings. The van der Waals surface area contributed by atoms with Crippen molar-refractivity contribution in [2.75, 3.05) is 40.8 Å². The lowest BCUT2D eigenvalue weighted by molar-refractivity contribution is -0.339. The summed E-state index contributed by atoms with van der Waals surface area (Å²) >= 11 is 0. The first kappa shape index (κ1) is 28.3. The highest BCUT2D eigenvalue weighted by atomic mass is 31.1. The smallest absolute Gasteiger partial charge is 0.241 e. The number of rotatable bonds is 20. The number of unbranched alkanes of at least 4 members (excludes halogenated alkanes) is 10. The molecule has 0 spiro atoms. The molecule has 5 heteroatoms. The van der Waals surface area contributed by atoms with E-state index in [9.17, 15) is 0 Å². The van der Waals surface area contributed by atoms with Crippen LogP contribution >= 0.6 is 7.92 Å². The standard InChI is InChI=1S/C23H49O4P/c1-8-10-12-14-16-18-20-28(21-19-17-15-13-11-9-2)23(26-6,27-7)22(3,24-4)25-5/h8-21H2,1-7H3. The lowest BCUT2D eigenvalue weighted by Crippen LogP contribution is -2.56. The molecule has 0 heterocycles. The van der Waals surface area contributed by atoms with Gasteiger partial charge in [-0.25, -0.2) is 0 Å². The van der Waals surface area contributed by atoms with Gasteiger partial charge in [-0.2, -0.15) is 0 Å². The van der Waals surface area contributed by atoms with E-state index in [1.165, 1.54) is 77.0 Å². The van der Waals surface area contributed by atoms with E-state index in [1.807, 2.05) is 6.92 Å². The predicted octanol–water partition coefficient (Wildman–Crippen LogP) is 7.14. The number of hydrogen-bond acceptors (Lipinski definition) is 4. The summed E-state index contributed by atoms with van der Waals surface area (Å²) in [5, 5.41) is 0. The van der Waals surface area contributed by atoms with Crippen molar-refractivity contribution in [1.29, 1.82) is 0 Å². The molecule has 0 saturated carbocycles. The van der Waals surface area contributed by atoms with Crippen LogP contribution in [0, 0.1) is 0 Å². The molecule has 0 rings (SSSR count). The van der Waals surface area contributed by atoms with Gasteiger partial charge in [0.1, 0.15) is 0 Å². The second kappa shape index (κ2) is 17.0. The molecule has 0 atom stereocenters. The van der Waals surface area contributed by atoms with E-state index in [1.54, 1.807) is 28.4 Å². The number of ether oxygens (including phenoxy) is 4. The van der Waals surface area contributed by atoms with Crippen molar-refractivity contribution in [3.63, 3.8) is 0 Å². The zero-order valence-corrected chi connectivity index (χ0v) is 20.9. The van der Waals surface area contributed by atoms with Crippen molar-refractivity contribution in [2.24, 2.45) is 0 Å². The maximum Gasteiger partial charge on any atom is 0.241 e. The van der Waals surface area contributed by atoms with Gasteiger partial charge in [0.25, 0.3) is 0 Å². The minimum atomic E-state index is -0.910. The monoisotopic (exact) mass is 420 g/mol. The highest BCUT2D eigenvalue weighted by molar-refractivity contribution is 7.59. The van der Waals surface area contributed by atoms with E-state index in [4.69, 9.17) is 18.9 Å². The van der Waals surface area contributed by atoms with Gasteiger partial charge in [0.15, 0.2) is 0 Å². The van der Waals surface area contributed by atoms with Crippen LogP contribution in [0.3, 0.4) is 0 Å². The average Bonchev–Trinajstić information content (AvgIpc) is 2.73. The minimum absolute atomic E-state index is 0.552. The molecule has 0 aliphatic rings. The first-order chi connectivity index (χ1) is 13.5. The van der Waals surface area contributed by atoms with Crippen molar-refractivity contribution in [2.45, 2.75) is 109 Å². The largest absolute Gasteiger partial charge is 0.349 e. The summed E-state index contributed by atoms with van der Waals surface area (Å²) in [7, 11) is 6.28. The number of methoxy groups -OCH3 is 4. The summed E-state index contributed by atoms with van der Waals surface area (Å²) < 4.78 is 23.6. The predicted molar refractivity (Wildman–Crippen MR) is 123 cm³/mol. The van der Waals surface area contributed by atoms with Gasteiger partial charge in [-0.15, -0.1) is 0 Å². The highest BCUT2D eigenvalue weighted by Gasteiger charge is 2.55.